The van der Waals surface area contributed by atoms with Gasteiger partial charge >= 0.3 is 39.5 Å². The van der Waals surface area contributed by atoms with Gasteiger partial charge in [-0.1, -0.05) is 209 Å². The molecule has 0 saturated heterocycles. The highest BCUT2D eigenvalue weighted by Gasteiger charge is 2.24. The van der Waals surface area contributed by atoms with Crippen molar-refractivity contribution in [2.45, 2.75) is 303 Å². The van der Waals surface area contributed by atoms with E-state index in [1.54, 1.807) is 0 Å². The summed E-state index contributed by atoms with van der Waals surface area (Å²) in [4.78, 5) is 84.8. The van der Waals surface area contributed by atoms with Crippen LogP contribution in [0.15, 0.2) is 72.9 Å². The molecule has 494 valence electrons. The molecule has 0 fully saturated rings. The maximum absolute atomic E-state index is 12.3. The third-order valence-electron chi connectivity index (χ3n) is 13.7. The molecule has 2 atom stereocenters. The van der Waals surface area contributed by atoms with Crippen LogP contribution in [0.2, 0.25) is 0 Å². The second kappa shape index (κ2) is 63.6. The van der Waals surface area contributed by atoms with Gasteiger partial charge in [0.25, 0.3) is 0 Å². The smallest absolute Gasteiger partial charge is 0.462 e. The Hall–Kier alpha value is -3.46. The van der Waals surface area contributed by atoms with Crippen molar-refractivity contribution in [2.75, 3.05) is 26.4 Å². The number of carbonyl (C=O) groups excluding carboxylic acids is 4. The molecule has 0 unspecified atom stereocenters. The first-order chi connectivity index (χ1) is 41.1. The molecular formula is C67H120O16P2. The van der Waals surface area contributed by atoms with Gasteiger partial charge in [-0.2, -0.15) is 0 Å². The van der Waals surface area contributed by atoms with Gasteiger partial charge in [-0.3, -0.25) is 28.2 Å². The molecule has 0 aromatic carbocycles. The molecule has 0 saturated carbocycles. The molecule has 0 radical (unpaired) electrons. The van der Waals surface area contributed by atoms with Crippen molar-refractivity contribution in [3.63, 3.8) is 0 Å². The van der Waals surface area contributed by atoms with Gasteiger partial charge in [-0.15, -0.1) is 0 Å². The van der Waals surface area contributed by atoms with E-state index in [2.05, 4.69) is 89.7 Å². The summed E-state index contributed by atoms with van der Waals surface area (Å²) in [5.74, 6) is -1.83. The van der Waals surface area contributed by atoms with E-state index >= 15 is 0 Å². The van der Waals surface area contributed by atoms with Gasteiger partial charge in [0.15, 0.2) is 12.2 Å². The molecule has 0 aromatic rings. The normalized spacial score (nSPS) is 12.9. The summed E-state index contributed by atoms with van der Waals surface area (Å²) in [5, 5.41) is 0. The minimum atomic E-state index is -4.75. The van der Waals surface area contributed by atoms with E-state index in [4.69, 9.17) is 38.5 Å². The number of unbranched alkanes of at least 4 members (excludes halogenated alkanes) is 29. The SMILES string of the molecule is C/C=C/CCCCCCCC(=O)OC[C@H](COP(=O)(O)O)OC(=O)CCCCCCC/C=C/C/C=C/CCCCC.C/C=C/CCCCCCCCCCC(=O)O[C@H](COC(=O)CCCCCCC/C=C/C/C=C\CCCCC)COP(=O)(O)O. The summed E-state index contributed by atoms with van der Waals surface area (Å²) in [6, 6.07) is 0. The molecule has 85 heavy (non-hydrogen) atoms. The predicted octanol–water partition coefficient (Wildman–Crippen LogP) is 18.5. The van der Waals surface area contributed by atoms with Gasteiger partial charge in [0, 0.05) is 25.7 Å². The summed E-state index contributed by atoms with van der Waals surface area (Å²) < 4.78 is 52.3. The van der Waals surface area contributed by atoms with Crippen LogP contribution in [0.4, 0.5) is 0 Å². The monoisotopic (exact) mass is 1240 g/mol. The quantitative estimate of drug-likeness (QED) is 0.0146. The molecule has 4 N–H and O–H groups in total. The van der Waals surface area contributed by atoms with Crippen molar-refractivity contribution >= 4 is 39.5 Å². The summed E-state index contributed by atoms with van der Waals surface area (Å²) in [5.41, 5.74) is 0. The highest BCUT2D eigenvalue weighted by Crippen LogP contribution is 2.36. The number of phosphoric acid groups is 2. The van der Waals surface area contributed by atoms with Crippen molar-refractivity contribution < 1.29 is 75.9 Å². The molecule has 0 spiro atoms. The fraction of sp³-hybridized carbons (Fsp3) is 0.761. The first kappa shape index (κ1) is 83.6. The van der Waals surface area contributed by atoms with E-state index in [1.807, 2.05) is 19.9 Å². The van der Waals surface area contributed by atoms with Crippen LogP contribution in [0.3, 0.4) is 0 Å². The molecule has 0 bridgehead atoms. The number of rotatable bonds is 59. The number of allylic oxidation sites excluding steroid dienone is 12. The minimum Gasteiger partial charge on any atom is -0.462 e. The van der Waals surface area contributed by atoms with Crippen molar-refractivity contribution in [1.82, 2.24) is 0 Å². The van der Waals surface area contributed by atoms with Gasteiger partial charge in [-0.25, -0.2) is 9.13 Å². The van der Waals surface area contributed by atoms with E-state index in [1.165, 1.54) is 77.0 Å². The summed E-state index contributed by atoms with van der Waals surface area (Å²) in [6.07, 6.45) is 64.8. The van der Waals surface area contributed by atoms with Crippen LogP contribution in [0, 0.1) is 0 Å². The van der Waals surface area contributed by atoms with Crippen molar-refractivity contribution in [3.05, 3.63) is 72.9 Å². The Balaban J connectivity index is 0. The zero-order valence-electron chi connectivity index (χ0n) is 53.5. The standard InChI is InChI=1S/C35H63O8P.C32H57O8P/c1-3-5-7-9-11-13-15-16-17-18-20-21-23-25-27-29-34(36)41-31-33(32-42-44(38,39)40)43-35(37)30-28-26-24-22-19-14-12-10-8-6-4-2;1-3-5-7-9-11-13-14-15-16-17-18-19-21-23-25-27-32(34)40-30(29-39-41(35,36)37)28-38-31(33)26-24-22-20-12-10-8-6-4-2/h4,6,11,13,16-17,33H,3,5,7-10,12,14-15,18-32H2,1-2H3,(H2,38,39,40);4,6,11,13,15-16,30H,3,5,7-10,12,14,17-29H2,1-2H3,(H2,35,36,37)/b6-4+,13-11-,17-16+;6-4+,13-11+,16-15+/t33-;30-/m11/s1. The Kier molecular flexibility index (Phi) is 62.5. The van der Waals surface area contributed by atoms with E-state index in [0.717, 1.165) is 135 Å². The summed E-state index contributed by atoms with van der Waals surface area (Å²) in [7, 11) is -9.49. The molecule has 0 aliphatic rings. The van der Waals surface area contributed by atoms with Crippen LogP contribution < -0.4 is 0 Å². The van der Waals surface area contributed by atoms with E-state index in [-0.39, 0.29) is 38.9 Å². The highest BCUT2D eigenvalue weighted by atomic mass is 31.2. The van der Waals surface area contributed by atoms with Crippen LogP contribution in [0.1, 0.15) is 291 Å². The van der Waals surface area contributed by atoms with Crippen LogP contribution in [0.25, 0.3) is 0 Å². The fourth-order valence-corrected chi connectivity index (χ4v) is 9.47. The van der Waals surface area contributed by atoms with Crippen molar-refractivity contribution in [2.24, 2.45) is 0 Å². The van der Waals surface area contributed by atoms with Gasteiger partial charge in [0.1, 0.15) is 13.2 Å². The lowest BCUT2D eigenvalue weighted by atomic mass is 10.1. The van der Waals surface area contributed by atoms with Crippen LogP contribution >= 0.6 is 15.6 Å². The fourth-order valence-electron chi connectivity index (χ4n) is 8.75. The maximum atomic E-state index is 12.3. The van der Waals surface area contributed by atoms with Gasteiger partial charge in [-0.05, 0) is 129 Å². The Bertz CT molecular complexity index is 1850. The number of esters is 4. The first-order valence-corrected chi connectivity index (χ1v) is 36.0. The average Bonchev–Trinajstić information content (AvgIpc) is 3.54. The first-order valence-electron chi connectivity index (χ1n) is 33.0. The highest BCUT2D eigenvalue weighted by molar-refractivity contribution is 7.46. The van der Waals surface area contributed by atoms with Gasteiger partial charge in [0.2, 0.25) is 0 Å². The second-order valence-corrected chi connectivity index (χ2v) is 24.4. The molecule has 0 aromatic heterocycles. The number of hydrogen-bond acceptors (Lipinski definition) is 12. The van der Waals surface area contributed by atoms with Gasteiger partial charge in [0.05, 0.1) is 13.2 Å². The number of phosphoric ester groups is 2. The molecule has 0 aliphatic carbocycles. The van der Waals surface area contributed by atoms with Crippen LogP contribution in [-0.2, 0) is 56.3 Å². The molecule has 0 rings (SSSR count). The number of carbonyl (C=O) groups is 4. The average molecular weight is 1240 g/mol. The molecular weight excluding hydrogens is 1120 g/mol. The number of ether oxygens (including phenoxy) is 4. The summed E-state index contributed by atoms with van der Waals surface area (Å²) >= 11 is 0. The zero-order valence-corrected chi connectivity index (χ0v) is 55.3. The predicted molar refractivity (Wildman–Crippen MR) is 345 cm³/mol. The third kappa shape index (κ3) is 71.2. The van der Waals surface area contributed by atoms with Crippen LogP contribution in [0.5, 0.6) is 0 Å². The molecule has 0 aliphatic heterocycles. The molecule has 0 amide bonds. The minimum absolute atomic E-state index is 0.193. The third-order valence-corrected chi connectivity index (χ3v) is 14.7. The van der Waals surface area contributed by atoms with E-state index in [0.29, 0.717) is 25.7 Å². The molecule has 16 nitrogen and oxygen atoms in total. The number of hydrogen-bond donors (Lipinski definition) is 4. The van der Waals surface area contributed by atoms with Crippen molar-refractivity contribution in [3.8, 4) is 0 Å². The lowest BCUT2D eigenvalue weighted by Crippen LogP contribution is -2.29. The topological polar surface area (TPSA) is 239 Å². The van der Waals surface area contributed by atoms with Crippen molar-refractivity contribution in [1.29, 1.82) is 0 Å². The maximum Gasteiger partial charge on any atom is 0.469 e. The Morgan fingerprint density at radius 3 is 0.847 bits per heavy atom. The van der Waals surface area contributed by atoms with E-state index in [9.17, 15) is 28.3 Å². The lowest BCUT2D eigenvalue weighted by molar-refractivity contribution is -0.161. The molecule has 0 heterocycles. The van der Waals surface area contributed by atoms with Gasteiger partial charge < -0.3 is 38.5 Å². The zero-order chi connectivity index (χ0) is 63.0. The molecule has 18 heteroatoms. The summed E-state index contributed by atoms with van der Waals surface area (Å²) in [6.45, 7) is 6.81. The second-order valence-electron chi connectivity index (χ2n) is 21.9. The largest absolute Gasteiger partial charge is 0.469 e. The lowest BCUT2D eigenvalue weighted by Gasteiger charge is -2.18. The van der Waals surface area contributed by atoms with E-state index < -0.39 is 64.9 Å². The Morgan fingerprint density at radius 2 is 0.576 bits per heavy atom. The van der Waals surface area contributed by atoms with Crippen LogP contribution in [-0.4, -0.2) is 82.1 Å². The Labute approximate surface area is 515 Å². The Morgan fingerprint density at radius 1 is 0.329 bits per heavy atom.